The third kappa shape index (κ3) is 4.56. The fourth-order valence-electron chi connectivity index (χ4n) is 1.03. The number of nitrogens with two attached hydrogens (primary N) is 1. The molecule has 0 saturated heterocycles. The molecule has 0 aliphatic heterocycles. The lowest BCUT2D eigenvalue weighted by molar-refractivity contribution is 0.868. The van der Waals surface area contributed by atoms with Crippen LogP contribution >= 0.6 is 11.6 Å². The Labute approximate surface area is 95.4 Å². The van der Waals surface area contributed by atoms with Gasteiger partial charge in [0.15, 0.2) is 0 Å². The molecule has 0 heterocycles. The predicted octanol–water partition coefficient (Wildman–Crippen LogP) is 2.81. The molecular formula is C12H15ClN2. The molecule has 1 aromatic rings. The molecule has 0 radical (unpaired) electrons. The molecule has 0 bridgehead atoms. The minimum absolute atomic E-state index is 0.749. The first-order valence-corrected chi connectivity index (χ1v) is 5.16. The zero-order chi connectivity index (χ0) is 11.1. The second-order valence-electron chi connectivity index (χ2n) is 3.13. The van der Waals surface area contributed by atoms with Crippen LogP contribution in [0.25, 0.3) is 0 Å². The van der Waals surface area contributed by atoms with E-state index < -0.39 is 0 Å². The van der Waals surface area contributed by atoms with Crippen LogP contribution in [-0.2, 0) is 6.54 Å². The van der Waals surface area contributed by atoms with Gasteiger partial charge in [-0.05, 0) is 36.9 Å². The highest BCUT2D eigenvalue weighted by molar-refractivity contribution is 6.30. The van der Waals surface area contributed by atoms with Crippen molar-refractivity contribution >= 4 is 11.6 Å². The summed E-state index contributed by atoms with van der Waals surface area (Å²) in [5, 5.41) is 3.90. The van der Waals surface area contributed by atoms with E-state index in [1.54, 1.807) is 0 Å². The molecule has 3 N–H and O–H groups in total. The van der Waals surface area contributed by atoms with Crippen LogP contribution in [0.1, 0.15) is 12.5 Å². The minimum Gasteiger partial charge on any atom is -0.399 e. The van der Waals surface area contributed by atoms with Gasteiger partial charge in [0.25, 0.3) is 0 Å². The molecule has 15 heavy (non-hydrogen) atoms. The van der Waals surface area contributed by atoms with E-state index in [0.717, 1.165) is 17.3 Å². The molecule has 80 valence electrons. The molecular weight excluding hydrogens is 208 g/mol. The Morgan fingerprint density at radius 1 is 1.40 bits per heavy atom. The van der Waals surface area contributed by atoms with Gasteiger partial charge in [-0.2, -0.15) is 0 Å². The van der Waals surface area contributed by atoms with Gasteiger partial charge in [0, 0.05) is 17.3 Å². The fourth-order valence-corrected chi connectivity index (χ4v) is 1.16. The van der Waals surface area contributed by atoms with Gasteiger partial charge in [0.2, 0.25) is 0 Å². The molecule has 3 heteroatoms. The maximum absolute atomic E-state index is 5.77. The van der Waals surface area contributed by atoms with Gasteiger partial charge < -0.3 is 11.1 Å². The molecule has 0 atom stereocenters. The topological polar surface area (TPSA) is 38.0 Å². The second kappa shape index (κ2) is 6.14. The number of allylic oxidation sites excluding steroid dienone is 2. The number of rotatable bonds is 4. The molecule has 0 aromatic heterocycles. The van der Waals surface area contributed by atoms with Gasteiger partial charge in [0.05, 0.1) is 0 Å². The summed E-state index contributed by atoms with van der Waals surface area (Å²) in [6.07, 6.45) is 5.51. The van der Waals surface area contributed by atoms with Crippen LogP contribution in [0.3, 0.4) is 0 Å². The van der Waals surface area contributed by atoms with Crippen molar-refractivity contribution in [2.24, 2.45) is 5.73 Å². The van der Waals surface area contributed by atoms with Gasteiger partial charge in [-0.15, -0.1) is 0 Å². The zero-order valence-electron chi connectivity index (χ0n) is 8.70. The van der Waals surface area contributed by atoms with E-state index in [2.05, 4.69) is 5.32 Å². The van der Waals surface area contributed by atoms with E-state index in [4.69, 9.17) is 17.3 Å². The largest absolute Gasteiger partial charge is 0.399 e. The Hall–Kier alpha value is -1.41. The summed E-state index contributed by atoms with van der Waals surface area (Å²) in [5.41, 5.74) is 7.52. The highest BCUT2D eigenvalue weighted by atomic mass is 35.5. The summed E-state index contributed by atoms with van der Waals surface area (Å²) in [6.45, 7) is 2.67. The van der Waals surface area contributed by atoms with Crippen molar-refractivity contribution in [2.45, 2.75) is 13.5 Å². The molecule has 0 fully saturated rings. The van der Waals surface area contributed by atoms with Gasteiger partial charge in [-0.1, -0.05) is 29.8 Å². The van der Waals surface area contributed by atoms with Crippen molar-refractivity contribution in [1.82, 2.24) is 5.32 Å². The van der Waals surface area contributed by atoms with Crippen LogP contribution in [0, 0.1) is 0 Å². The first kappa shape index (κ1) is 11.7. The zero-order valence-corrected chi connectivity index (χ0v) is 9.46. The SMILES string of the molecule is C/C=C(N)\C=C/NCc1ccc(Cl)cc1. The van der Waals surface area contributed by atoms with Crippen molar-refractivity contribution in [3.63, 3.8) is 0 Å². The third-order valence-corrected chi connectivity index (χ3v) is 2.20. The lowest BCUT2D eigenvalue weighted by atomic mass is 10.2. The highest BCUT2D eigenvalue weighted by Crippen LogP contribution is 2.08. The summed E-state index contributed by atoms with van der Waals surface area (Å²) in [4.78, 5) is 0. The molecule has 1 rings (SSSR count). The highest BCUT2D eigenvalue weighted by Gasteiger charge is 1.90. The van der Waals surface area contributed by atoms with Gasteiger partial charge in [-0.25, -0.2) is 0 Å². The van der Waals surface area contributed by atoms with Crippen molar-refractivity contribution in [2.75, 3.05) is 0 Å². The predicted molar refractivity (Wildman–Crippen MR) is 65.4 cm³/mol. The molecule has 0 amide bonds. The molecule has 0 unspecified atom stereocenters. The van der Waals surface area contributed by atoms with E-state index in [1.807, 2.05) is 49.5 Å². The molecule has 0 saturated carbocycles. The standard InChI is InChI=1S/C12H15ClN2/c1-2-12(14)7-8-15-9-10-3-5-11(13)6-4-10/h2-8,15H,9,14H2,1H3/b8-7-,12-2+. The average Bonchev–Trinajstić information content (AvgIpc) is 2.26. The smallest absolute Gasteiger partial charge is 0.0406 e. The Balaban J connectivity index is 2.38. The normalized spacial score (nSPS) is 12.0. The van der Waals surface area contributed by atoms with Crippen molar-refractivity contribution in [3.8, 4) is 0 Å². The van der Waals surface area contributed by atoms with Gasteiger partial charge in [0.1, 0.15) is 0 Å². The molecule has 0 aliphatic rings. The number of halogens is 1. The van der Waals surface area contributed by atoms with E-state index >= 15 is 0 Å². The van der Waals surface area contributed by atoms with Crippen LogP contribution in [0.2, 0.25) is 5.02 Å². The number of hydrogen-bond acceptors (Lipinski definition) is 2. The molecule has 0 spiro atoms. The lowest BCUT2D eigenvalue weighted by Gasteiger charge is -2.01. The minimum atomic E-state index is 0.749. The Kier molecular flexibility index (Phi) is 4.78. The Bertz CT molecular complexity index is 352. The van der Waals surface area contributed by atoms with Crippen molar-refractivity contribution in [1.29, 1.82) is 0 Å². The first-order chi connectivity index (χ1) is 7.22. The monoisotopic (exact) mass is 222 g/mol. The Morgan fingerprint density at radius 3 is 2.67 bits per heavy atom. The van der Waals surface area contributed by atoms with Crippen LogP contribution in [0.5, 0.6) is 0 Å². The summed E-state index contributed by atoms with van der Waals surface area (Å²) >= 11 is 5.77. The molecule has 0 aliphatic carbocycles. The quantitative estimate of drug-likeness (QED) is 0.769. The van der Waals surface area contributed by atoms with Crippen LogP contribution in [0.4, 0.5) is 0 Å². The van der Waals surface area contributed by atoms with E-state index in [9.17, 15) is 0 Å². The summed E-state index contributed by atoms with van der Waals surface area (Å²) in [5.74, 6) is 0. The molecule has 1 aromatic carbocycles. The third-order valence-electron chi connectivity index (χ3n) is 1.95. The van der Waals surface area contributed by atoms with Crippen LogP contribution in [-0.4, -0.2) is 0 Å². The van der Waals surface area contributed by atoms with Gasteiger partial charge >= 0.3 is 0 Å². The molecule has 2 nitrogen and oxygen atoms in total. The summed E-state index contributed by atoms with van der Waals surface area (Å²) < 4.78 is 0. The maximum Gasteiger partial charge on any atom is 0.0406 e. The average molecular weight is 223 g/mol. The van der Waals surface area contributed by atoms with E-state index in [1.165, 1.54) is 5.56 Å². The summed E-state index contributed by atoms with van der Waals surface area (Å²) in [6, 6.07) is 7.73. The summed E-state index contributed by atoms with van der Waals surface area (Å²) in [7, 11) is 0. The van der Waals surface area contributed by atoms with Crippen molar-refractivity contribution in [3.05, 3.63) is 58.9 Å². The second-order valence-corrected chi connectivity index (χ2v) is 3.57. The number of hydrogen-bond donors (Lipinski definition) is 2. The number of benzene rings is 1. The fraction of sp³-hybridized carbons (Fsp3) is 0.167. The van der Waals surface area contributed by atoms with E-state index in [0.29, 0.717) is 0 Å². The Morgan fingerprint density at radius 2 is 2.07 bits per heavy atom. The van der Waals surface area contributed by atoms with Crippen molar-refractivity contribution < 1.29 is 0 Å². The first-order valence-electron chi connectivity index (χ1n) is 4.78. The van der Waals surface area contributed by atoms with E-state index in [-0.39, 0.29) is 0 Å². The lowest BCUT2D eigenvalue weighted by Crippen LogP contribution is -2.05. The number of nitrogens with one attached hydrogen (secondary N) is 1. The van der Waals surface area contributed by atoms with Crippen LogP contribution < -0.4 is 11.1 Å². The van der Waals surface area contributed by atoms with Gasteiger partial charge in [-0.3, -0.25) is 0 Å². The van der Waals surface area contributed by atoms with Crippen LogP contribution in [0.15, 0.2) is 48.3 Å². The maximum atomic E-state index is 5.77.